The minimum Gasteiger partial charge on any atom is -0.444 e. The van der Waals surface area contributed by atoms with Crippen molar-refractivity contribution in [2.24, 2.45) is 23.2 Å². The van der Waals surface area contributed by atoms with Crippen molar-refractivity contribution in [1.29, 1.82) is 0 Å². The van der Waals surface area contributed by atoms with Crippen LogP contribution in [0.3, 0.4) is 0 Å². The van der Waals surface area contributed by atoms with Crippen LogP contribution in [-0.2, 0) is 19.1 Å². The van der Waals surface area contributed by atoms with Crippen LogP contribution in [0, 0.1) is 23.2 Å². The van der Waals surface area contributed by atoms with E-state index in [2.05, 4.69) is 18.5 Å². The number of likely N-dealkylation sites (tertiary alicyclic amines) is 1. The molecule has 0 spiro atoms. The molecule has 196 valence electrons. The number of alkyl carbamates (subject to hydrolysis) is 1. The second kappa shape index (κ2) is 11.5. The zero-order valence-electron chi connectivity index (χ0n) is 22.4. The first-order chi connectivity index (χ1) is 16.3. The number of unbranched alkanes of at least 4 members (excludes halogenated alkanes) is 2. The quantitative estimate of drug-likeness (QED) is 0.313. The van der Waals surface area contributed by atoms with Gasteiger partial charge in [-0.3, -0.25) is 14.4 Å². The van der Waals surface area contributed by atoms with E-state index in [-0.39, 0.29) is 41.6 Å². The fourth-order valence-corrected chi connectivity index (χ4v) is 5.21. The third-order valence-electron chi connectivity index (χ3n) is 7.58. The third-order valence-corrected chi connectivity index (χ3v) is 7.58. The Morgan fingerprint density at radius 1 is 1.17 bits per heavy atom. The standard InChI is InChI=1S/C28H44N2O5/c1-9-11-12-13-14-22(29-26(34)35-27(6,7)8)25(33)30-17-18(3)19(4)24(30)23(32)16-28(20(5)31)15-21(28)10-2/h9-10,18-19,21-22,24H,1-2,11-17H2,3-8H3,(H,29,34)/t18-,19?,21+,22-,24-,28-/m0/s1. The fourth-order valence-electron chi connectivity index (χ4n) is 5.21. The van der Waals surface area contributed by atoms with Crippen LogP contribution in [0.15, 0.2) is 25.3 Å². The Hall–Kier alpha value is -2.44. The summed E-state index contributed by atoms with van der Waals surface area (Å²) in [6, 6.07) is -1.40. The summed E-state index contributed by atoms with van der Waals surface area (Å²) in [6.45, 7) is 18.8. The Bertz CT molecular complexity index is 845. The molecule has 1 saturated carbocycles. The fraction of sp³-hybridized carbons (Fsp3) is 0.714. The van der Waals surface area contributed by atoms with E-state index in [1.54, 1.807) is 31.7 Å². The maximum Gasteiger partial charge on any atom is 0.408 e. The van der Waals surface area contributed by atoms with Crippen molar-refractivity contribution in [3.63, 3.8) is 0 Å². The van der Waals surface area contributed by atoms with Gasteiger partial charge in [0, 0.05) is 18.4 Å². The molecule has 35 heavy (non-hydrogen) atoms. The highest BCUT2D eigenvalue weighted by Gasteiger charge is 2.58. The lowest BCUT2D eigenvalue weighted by Gasteiger charge is -2.31. The molecule has 6 atom stereocenters. The number of amides is 2. The summed E-state index contributed by atoms with van der Waals surface area (Å²) in [5, 5.41) is 2.75. The van der Waals surface area contributed by atoms with E-state index >= 15 is 0 Å². The first-order valence-electron chi connectivity index (χ1n) is 12.8. The molecule has 1 saturated heterocycles. The number of nitrogens with one attached hydrogen (secondary N) is 1. The topological polar surface area (TPSA) is 92.8 Å². The number of nitrogens with zero attached hydrogens (tertiary/aromatic N) is 1. The van der Waals surface area contributed by atoms with Gasteiger partial charge in [0.15, 0.2) is 5.78 Å². The highest BCUT2D eigenvalue weighted by Crippen LogP contribution is 2.57. The Morgan fingerprint density at radius 3 is 2.34 bits per heavy atom. The summed E-state index contributed by atoms with van der Waals surface area (Å²) in [5.74, 6) is -0.264. The number of hydrogen-bond donors (Lipinski definition) is 1. The van der Waals surface area contributed by atoms with Crippen molar-refractivity contribution in [3.8, 4) is 0 Å². The zero-order chi connectivity index (χ0) is 26.6. The molecule has 0 aromatic heterocycles. The second-order valence-electron chi connectivity index (χ2n) is 11.4. The minimum atomic E-state index is -0.786. The molecule has 1 unspecified atom stereocenters. The number of ketones is 2. The summed E-state index contributed by atoms with van der Waals surface area (Å²) in [7, 11) is 0. The molecule has 2 fully saturated rings. The summed E-state index contributed by atoms with van der Waals surface area (Å²) in [4.78, 5) is 53.9. The molecule has 2 aliphatic rings. The van der Waals surface area contributed by atoms with Crippen LogP contribution in [0.25, 0.3) is 0 Å². The van der Waals surface area contributed by atoms with Crippen molar-refractivity contribution >= 4 is 23.6 Å². The first-order valence-corrected chi connectivity index (χ1v) is 12.8. The van der Waals surface area contributed by atoms with E-state index < -0.39 is 29.2 Å². The van der Waals surface area contributed by atoms with E-state index in [9.17, 15) is 19.2 Å². The van der Waals surface area contributed by atoms with Gasteiger partial charge in [0.25, 0.3) is 0 Å². The molecule has 2 amide bonds. The number of rotatable bonds is 12. The van der Waals surface area contributed by atoms with E-state index in [1.165, 1.54) is 6.92 Å². The molecule has 1 heterocycles. The summed E-state index contributed by atoms with van der Waals surface area (Å²) in [5.41, 5.74) is -1.37. The van der Waals surface area contributed by atoms with E-state index in [1.807, 2.05) is 19.9 Å². The zero-order valence-corrected chi connectivity index (χ0v) is 22.4. The summed E-state index contributed by atoms with van der Waals surface area (Å²) in [6.07, 6.45) is 6.53. The van der Waals surface area contributed by atoms with E-state index in [4.69, 9.17) is 4.74 Å². The Labute approximate surface area is 210 Å². The van der Waals surface area contributed by atoms with Gasteiger partial charge in [0.2, 0.25) is 5.91 Å². The monoisotopic (exact) mass is 488 g/mol. The number of allylic oxidation sites excluding steroid dienone is 2. The van der Waals surface area contributed by atoms with Crippen molar-refractivity contribution < 1.29 is 23.9 Å². The molecule has 0 bridgehead atoms. The van der Waals surface area contributed by atoms with Gasteiger partial charge in [0.1, 0.15) is 17.4 Å². The maximum absolute atomic E-state index is 13.8. The van der Waals surface area contributed by atoms with Gasteiger partial charge >= 0.3 is 6.09 Å². The number of carbonyl (C=O) groups excluding carboxylic acids is 4. The van der Waals surface area contributed by atoms with Crippen LogP contribution in [0.4, 0.5) is 4.79 Å². The summed E-state index contributed by atoms with van der Waals surface area (Å²) < 4.78 is 5.40. The smallest absolute Gasteiger partial charge is 0.408 e. The molecular weight excluding hydrogens is 444 g/mol. The molecule has 0 aromatic rings. The largest absolute Gasteiger partial charge is 0.444 e. The van der Waals surface area contributed by atoms with Gasteiger partial charge in [0.05, 0.1) is 6.04 Å². The molecule has 1 N–H and O–H groups in total. The molecule has 7 heteroatoms. The van der Waals surface area contributed by atoms with Gasteiger partial charge in [-0.2, -0.15) is 0 Å². The molecule has 1 aliphatic heterocycles. The maximum atomic E-state index is 13.8. The van der Waals surface area contributed by atoms with Crippen LogP contribution in [0.5, 0.6) is 0 Å². The third kappa shape index (κ3) is 7.05. The molecule has 2 rings (SSSR count). The van der Waals surface area contributed by atoms with Gasteiger partial charge in [-0.05, 0) is 71.1 Å². The molecular formula is C28H44N2O5. The van der Waals surface area contributed by atoms with Crippen LogP contribution < -0.4 is 5.32 Å². The van der Waals surface area contributed by atoms with Crippen LogP contribution >= 0.6 is 0 Å². The van der Waals surface area contributed by atoms with Gasteiger partial charge in [-0.15, -0.1) is 13.2 Å². The molecule has 0 radical (unpaired) electrons. The lowest BCUT2D eigenvalue weighted by atomic mass is 9.84. The molecule has 7 nitrogen and oxygen atoms in total. The van der Waals surface area contributed by atoms with Crippen molar-refractivity contribution in [3.05, 3.63) is 25.3 Å². The number of carbonyl (C=O) groups is 4. The van der Waals surface area contributed by atoms with Gasteiger partial charge in [-0.25, -0.2) is 4.79 Å². The van der Waals surface area contributed by atoms with Crippen LogP contribution in [0.2, 0.25) is 0 Å². The number of hydrogen-bond acceptors (Lipinski definition) is 5. The Balaban J connectivity index is 2.23. The van der Waals surface area contributed by atoms with Crippen molar-refractivity contribution in [2.45, 2.75) is 97.8 Å². The molecule has 0 aromatic carbocycles. The predicted molar refractivity (Wildman–Crippen MR) is 137 cm³/mol. The van der Waals surface area contributed by atoms with E-state index in [0.29, 0.717) is 19.4 Å². The number of ether oxygens (including phenoxy) is 1. The van der Waals surface area contributed by atoms with Gasteiger partial charge < -0.3 is 15.0 Å². The minimum absolute atomic E-state index is 0.000914. The average molecular weight is 489 g/mol. The van der Waals surface area contributed by atoms with Gasteiger partial charge in [-0.1, -0.05) is 32.4 Å². The van der Waals surface area contributed by atoms with E-state index in [0.717, 1.165) is 19.3 Å². The average Bonchev–Trinajstić information content (AvgIpc) is 3.39. The first kappa shape index (κ1) is 28.8. The highest BCUT2D eigenvalue weighted by atomic mass is 16.6. The lowest BCUT2D eigenvalue weighted by Crippen LogP contribution is -2.53. The number of Topliss-reactive ketones (excluding diaryl/α,β-unsaturated/α-hetero) is 2. The summed E-state index contributed by atoms with van der Waals surface area (Å²) >= 11 is 0. The second-order valence-corrected chi connectivity index (χ2v) is 11.4. The SMILES string of the molecule is C=CCCCC[C@H](NC(=O)OC(C)(C)C)C(=O)N1C[C@H](C)C(C)[C@H]1C(=O)C[C@]1(C(C)=O)C[C@H]1C=C. The normalized spacial score (nSPS) is 28.7. The Morgan fingerprint density at radius 2 is 1.83 bits per heavy atom. The van der Waals surface area contributed by atoms with Crippen molar-refractivity contribution in [1.82, 2.24) is 10.2 Å². The molecule has 1 aliphatic carbocycles. The van der Waals surface area contributed by atoms with Crippen LogP contribution in [0.1, 0.15) is 80.1 Å². The lowest BCUT2D eigenvalue weighted by molar-refractivity contribution is -0.141. The highest BCUT2D eigenvalue weighted by molar-refractivity contribution is 5.97. The Kier molecular flexibility index (Phi) is 9.49. The predicted octanol–water partition coefficient (Wildman–Crippen LogP) is 4.85. The van der Waals surface area contributed by atoms with Crippen LogP contribution in [-0.4, -0.2) is 52.7 Å². The van der Waals surface area contributed by atoms with Crippen molar-refractivity contribution in [2.75, 3.05) is 6.54 Å².